The Kier molecular flexibility index (Phi) is 6.11. The molecule has 5 nitrogen and oxygen atoms in total. The zero-order valence-electron chi connectivity index (χ0n) is 16.2. The van der Waals surface area contributed by atoms with Crippen molar-refractivity contribution in [2.75, 3.05) is 5.75 Å². The Bertz CT molecular complexity index is 1230. The van der Waals surface area contributed by atoms with Crippen LogP contribution in [0.5, 0.6) is 5.75 Å². The number of esters is 1. The first kappa shape index (κ1) is 20.4. The van der Waals surface area contributed by atoms with Crippen LogP contribution in [0.15, 0.2) is 88.5 Å². The van der Waals surface area contributed by atoms with Gasteiger partial charge in [0.15, 0.2) is 5.76 Å². The zero-order valence-corrected chi connectivity index (χ0v) is 17.0. The smallest absolute Gasteiger partial charge is 0.321 e. The summed E-state index contributed by atoms with van der Waals surface area (Å²) in [7, 11) is 0. The van der Waals surface area contributed by atoms with E-state index in [4.69, 9.17) is 9.15 Å². The summed E-state index contributed by atoms with van der Waals surface area (Å²) >= 11 is 1.15. The first-order chi connectivity index (χ1) is 15.1. The summed E-state index contributed by atoms with van der Waals surface area (Å²) in [4.78, 5) is 15.5. The summed E-state index contributed by atoms with van der Waals surface area (Å²) in [5.41, 5.74) is 2.25. The lowest BCUT2D eigenvalue weighted by Gasteiger charge is -2.07. The number of nitrogens with one attached hydrogen (secondary N) is 1. The molecule has 0 fully saturated rings. The molecule has 0 saturated heterocycles. The molecular weight excluding hydrogens is 415 g/mol. The van der Waals surface area contributed by atoms with Crippen LogP contribution in [0.1, 0.15) is 5.56 Å². The average Bonchev–Trinajstić information content (AvgIpc) is 3.33. The number of hydrogen-bond donors (Lipinski definition) is 0. The van der Waals surface area contributed by atoms with Gasteiger partial charge in [0, 0.05) is 11.6 Å². The molecule has 0 aliphatic carbocycles. The SMILES string of the molecule is N#Cc1c(-c2ccc(F)cc2)cc(-c2ccco2)[nH+]c1SCC(=O)Oc1ccccc1. The van der Waals surface area contributed by atoms with Crippen LogP contribution in [-0.4, -0.2) is 11.7 Å². The molecule has 0 radical (unpaired) electrons. The maximum absolute atomic E-state index is 13.4. The molecule has 0 spiro atoms. The standard InChI is InChI=1S/C24H15FN2O3S/c25-17-10-8-16(9-11-17)19-13-21(22-7-4-12-29-22)27-24(20(19)14-26)31-15-23(28)30-18-5-2-1-3-6-18/h1-13H,15H2/p+1. The van der Waals surface area contributed by atoms with E-state index in [9.17, 15) is 14.4 Å². The molecule has 2 aromatic carbocycles. The van der Waals surface area contributed by atoms with E-state index in [0.29, 0.717) is 38.9 Å². The van der Waals surface area contributed by atoms with E-state index in [1.807, 2.05) is 6.07 Å². The Balaban J connectivity index is 1.68. The molecule has 2 heterocycles. The summed E-state index contributed by atoms with van der Waals surface area (Å²) in [5.74, 6) is 0.204. The van der Waals surface area contributed by atoms with Crippen molar-refractivity contribution in [1.82, 2.24) is 0 Å². The normalized spacial score (nSPS) is 10.5. The van der Waals surface area contributed by atoms with Crippen molar-refractivity contribution in [3.8, 4) is 34.4 Å². The van der Waals surface area contributed by atoms with E-state index in [1.165, 1.54) is 12.1 Å². The molecule has 0 aliphatic heterocycles. The average molecular weight is 431 g/mol. The van der Waals surface area contributed by atoms with Gasteiger partial charge in [0.05, 0.1) is 6.26 Å². The summed E-state index contributed by atoms with van der Waals surface area (Å²) in [6.45, 7) is 0. The molecule has 31 heavy (non-hydrogen) atoms. The Morgan fingerprint density at radius 2 is 1.87 bits per heavy atom. The topological polar surface area (TPSA) is 77.4 Å². The van der Waals surface area contributed by atoms with Gasteiger partial charge in [-0.15, -0.1) is 0 Å². The molecule has 4 rings (SSSR count). The summed E-state index contributed by atoms with van der Waals surface area (Å²) in [5, 5.41) is 10.3. The molecule has 0 saturated carbocycles. The van der Waals surface area contributed by atoms with Gasteiger partial charge in [0.1, 0.15) is 29.0 Å². The van der Waals surface area contributed by atoms with Crippen LogP contribution in [0.25, 0.3) is 22.6 Å². The van der Waals surface area contributed by atoms with Crippen molar-refractivity contribution in [3.05, 3.63) is 90.4 Å². The van der Waals surface area contributed by atoms with E-state index in [-0.39, 0.29) is 11.6 Å². The van der Waals surface area contributed by atoms with Gasteiger partial charge in [-0.2, -0.15) is 10.2 Å². The number of benzene rings is 2. The van der Waals surface area contributed by atoms with Crippen LogP contribution in [0.4, 0.5) is 4.39 Å². The molecular formula is C24H16FN2O3S+. The maximum Gasteiger partial charge on any atom is 0.321 e. The fourth-order valence-electron chi connectivity index (χ4n) is 2.98. The van der Waals surface area contributed by atoms with Gasteiger partial charge in [-0.25, -0.2) is 4.39 Å². The Morgan fingerprint density at radius 1 is 1.10 bits per heavy atom. The highest BCUT2D eigenvalue weighted by molar-refractivity contribution is 7.99. The van der Waals surface area contributed by atoms with Gasteiger partial charge < -0.3 is 9.15 Å². The Morgan fingerprint density at radius 3 is 2.55 bits per heavy atom. The van der Waals surface area contributed by atoms with Crippen LogP contribution < -0.4 is 9.72 Å². The number of nitriles is 1. The molecule has 0 unspecified atom stereocenters. The third kappa shape index (κ3) is 4.82. The predicted octanol–water partition coefficient (Wildman–Crippen LogP) is 5.14. The van der Waals surface area contributed by atoms with Gasteiger partial charge >= 0.3 is 5.97 Å². The van der Waals surface area contributed by atoms with Gasteiger partial charge in [-0.1, -0.05) is 30.3 Å². The number of furan rings is 1. The number of rotatable bonds is 6. The number of halogens is 1. The number of thioether (sulfide) groups is 1. The molecule has 0 amide bonds. The monoisotopic (exact) mass is 431 g/mol. The lowest BCUT2D eigenvalue weighted by Crippen LogP contribution is -2.17. The van der Waals surface area contributed by atoms with Crippen LogP contribution in [-0.2, 0) is 4.79 Å². The van der Waals surface area contributed by atoms with Crippen molar-refractivity contribution >= 4 is 17.7 Å². The fraction of sp³-hybridized carbons (Fsp3) is 0.0417. The molecule has 152 valence electrons. The number of hydrogen-bond acceptors (Lipinski definition) is 5. The quantitative estimate of drug-likeness (QED) is 0.240. The van der Waals surface area contributed by atoms with Gasteiger partial charge in [-0.3, -0.25) is 4.79 Å². The van der Waals surface area contributed by atoms with Crippen LogP contribution in [0.2, 0.25) is 0 Å². The third-order valence-corrected chi connectivity index (χ3v) is 5.37. The van der Waals surface area contributed by atoms with E-state index in [1.54, 1.807) is 60.9 Å². The molecule has 0 atom stereocenters. The first-order valence-corrected chi connectivity index (χ1v) is 10.3. The summed E-state index contributed by atoms with van der Waals surface area (Å²) in [6, 6.07) is 22.2. The maximum atomic E-state index is 13.4. The van der Waals surface area contributed by atoms with Crippen LogP contribution >= 0.6 is 11.8 Å². The molecule has 7 heteroatoms. The van der Waals surface area contributed by atoms with Gasteiger partial charge in [-0.05, 0) is 53.7 Å². The molecule has 1 N–H and O–H groups in total. The van der Waals surface area contributed by atoms with E-state index >= 15 is 0 Å². The lowest BCUT2D eigenvalue weighted by molar-refractivity contribution is -0.414. The number of pyridine rings is 1. The number of H-pyrrole nitrogens is 1. The van der Waals surface area contributed by atoms with Crippen molar-refractivity contribution in [1.29, 1.82) is 5.26 Å². The Hall–Kier alpha value is -3.89. The molecule has 0 aliphatic rings. The lowest BCUT2D eigenvalue weighted by atomic mass is 10.0. The Labute approximate surface area is 182 Å². The van der Waals surface area contributed by atoms with E-state index in [0.717, 1.165) is 11.8 Å². The molecule has 4 aromatic rings. The number of carbonyl (C=O) groups is 1. The highest BCUT2D eigenvalue weighted by Gasteiger charge is 2.23. The van der Waals surface area contributed by atoms with E-state index < -0.39 is 5.97 Å². The second-order valence-corrected chi connectivity index (χ2v) is 7.46. The van der Waals surface area contributed by atoms with Crippen molar-refractivity contribution < 1.29 is 23.3 Å². The van der Waals surface area contributed by atoms with E-state index in [2.05, 4.69) is 11.1 Å². The number of para-hydroxylation sites is 1. The second-order valence-electron chi connectivity index (χ2n) is 6.47. The van der Waals surface area contributed by atoms with Crippen molar-refractivity contribution in [3.63, 3.8) is 0 Å². The first-order valence-electron chi connectivity index (χ1n) is 9.33. The largest absolute Gasteiger partial charge is 0.458 e. The van der Waals surface area contributed by atoms with Gasteiger partial charge in [0.2, 0.25) is 5.69 Å². The van der Waals surface area contributed by atoms with Gasteiger partial charge in [0.25, 0.3) is 5.03 Å². The summed E-state index contributed by atoms with van der Waals surface area (Å²) < 4.78 is 24.2. The minimum absolute atomic E-state index is 0.00938. The summed E-state index contributed by atoms with van der Waals surface area (Å²) in [6.07, 6.45) is 1.54. The number of aromatic amines is 1. The third-order valence-electron chi connectivity index (χ3n) is 4.40. The van der Waals surface area contributed by atoms with Crippen molar-refractivity contribution in [2.24, 2.45) is 0 Å². The number of aromatic nitrogens is 1. The van der Waals surface area contributed by atoms with Crippen LogP contribution in [0.3, 0.4) is 0 Å². The molecule has 0 bridgehead atoms. The van der Waals surface area contributed by atoms with Crippen molar-refractivity contribution in [2.45, 2.75) is 5.03 Å². The van der Waals surface area contributed by atoms with Crippen LogP contribution in [0, 0.1) is 17.1 Å². The highest BCUT2D eigenvalue weighted by atomic mass is 32.2. The minimum Gasteiger partial charge on any atom is -0.458 e. The fourth-order valence-corrected chi connectivity index (χ4v) is 3.78. The number of ether oxygens (including phenoxy) is 1. The zero-order chi connectivity index (χ0) is 21.6. The molecule has 2 aromatic heterocycles. The highest BCUT2D eigenvalue weighted by Crippen LogP contribution is 2.32. The number of nitrogens with zero attached hydrogens (tertiary/aromatic N) is 1. The predicted molar refractivity (Wildman–Crippen MR) is 114 cm³/mol. The number of carbonyl (C=O) groups excluding carboxylic acids is 1. The minimum atomic E-state index is -0.444. The second kappa shape index (κ2) is 9.28.